The van der Waals surface area contributed by atoms with E-state index in [1.807, 2.05) is 35.2 Å². The number of carbonyl (C=O) groups excluding carboxylic acids is 2. The lowest BCUT2D eigenvalue weighted by Crippen LogP contribution is -2.48. The largest absolute Gasteiger partial charge is 0.496 e. The van der Waals surface area contributed by atoms with Gasteiger partial charge in [0.25, 0.3) is 5.91 Å². The Labute approximate surface area is 169 Å². The number of nitrogens with one attached hydrogen (secondary N) is 2. The van der Waals surface area contributed by atoms with E-state index in [2.05, 4.69) is 10.9 Å². The van der Waals surface area contributed by atoms with Crippen LogP contribution in [0.25, 0.3) is 0 Å². The van der Waals surface area contributed by atoms with E-state index >= 15 is 0 Å². The smallest absolute Gasteiger partial charge is 0.269 e. The van der Waals surface area contributed by atoms with Crippen molar-refractivity contribution in [2.75, 3.05) is 20.2 Å². The van der Waals surface area contributed by atoms with Crippen LogP contribution in [0.3, 0.4) is 0 Å². The van der Waals surface area contributed by atoms with Gasteiger partial charge in [-0.1, -0.05) is 41.9 Å². The zero-order valence-corrected chi connectivity index (χ0v) is 16.5. The van der Waals surface area contributed by atoms with E-state index in [4.69, 9.17) is 16.3 Å². The summed E-state index contributed by atoms with van der Waals surface area (Å²) in [6, 6.07) is 13.5. The number of ether oxygens (including phenoxy) is 1. The van der Waals surface area contributed by atoms with E-state index in [1.165, 1.54) is 13.2 Å². The maximum Gasteiger partial charge on any atom is 0.269 e. The highest BCUT2D eigenvalue weighted by Crippen LogP contribution is 2.23. The van der Waals surface area contributed by atoms with Crippen LogP contribution in [-0.4, -0.2) is 36.9 Å². The second kappa shape index (κ2) is 9.57. The summed E-state index contributed by atoms with van der Waals surface area (Å²) in [7, 11) is 1.49. The lowest BCUT2D eigenvalue weighted by molar-refractivity contribution is -0.134. The minimum absolute atomic E-state index is 0.0516. The molecule has 2 amide bonds. The molecule has 1 aliphatic rings. The molecular weight excluding hydrogens is 378 g/mol. The number of hydrogen-bond donors (Lipinski definition) is 2. The molecule has 0 spiro atoms. The van der Waals surface area contributed by atoms with Gasteiger partial charge in [0.1, 0.15) is 11.8 Å². The Hall–Kier alpha value is -2.57. The van der Waals surface area contributed by atoms with Gasteiger partial charge in [0.15, 0.2) is 0 Å². The number of rotatable bonds is 6. The number of methoxy groups -OCH3 is 1. The van der Waals surface area contributed by atoms with Crippen LogP contribution in [0.15, 0.2) is 48.5 Å². The van der Waals surface area contributed by atoms with Gasteiger partial charge in [0.2, 0.25) is 5.91 Å². The van der Waals surface area contributed by atoms with Crippen LogP contribution >= 0.6 is 11.6 Å². The van der Waals surface area contributed by atoms with Gasteiger partial charge in [0, 0.05) is 18.1 Å². The Kier molecular flexibility index (Phi) is 6.90. The second-order valence-corrected chi connectivity index (χ2v) is 7.11. The van der Waals surface area contributed by atoms with Crippen molar-refractivity contribution >= 4 is 23.4 Å². The summed E-state index contributed by atoms with van der Waals surface area (Å²) in [5.74, 6) is -0.0710. The van der Waals surface area contributed by atoms with Crippen LogP contribution in [0.2, 0.25) is 5.02 Å². The average molecular weight is 402 g/mol. The van der Waals surface area contributed by atoms with Crippen LogP contribution < -0.4 is 15.6 Å². The molecule has 0 saturated carbocycles. The van der Waals surface area contributed by atoms with Crippen molar-refractivity contribution in [2.45, 2.75) is 25.3 Å². The number of carbonyl (C=O) groups is 2. The first-order chi connectivity index (χ1) is 13.6. The van der Waals surface area contributed by atoms with E-state index in [9.17, 15) is 9.59 Å². The molecule has 0 aromatic heterocycles. The number of amides is 2. The molecule has 148 valence electrons. The molecule has 3 rings (SSSR count). The van der Waals surface area contributed by atoms with Gasteiger partial charge in [-0.05, 0) is 43.0 Å². The van der Waals surface area contributed by atoms with Crippen LogP contribution in [0.1, 0.15) is 41.2 Å². The first kappa shape index (κ1) is 20.2. The Bertz CT molecular complexity index is 823. The number of halogens is 1. The Morgan fingerprint density at radius 3 is 2.46 bits per heavy atom. The first-order valence-electron chi connectivity index (χ1n) is 9.33. The molecule has 1 heterocycles. The minimum Gasteiger partial charge on any atom is -0.496 e. The SMILES string of the molecule is COc1ccc(Cl)cc1C(=O)NN[C@@H](C(=O)N1CCCCC1)c1ccccc1. The monoisotopic (exact) mass is 401 g/mol. The zero-order valence-electron chi connectivity index (χ0n) is 15.8. The van der Waals surface area contributed by atoms with E-state index < -0.39 is 11.9 Å². The van der Waals surface area contributed by atoms with Crippen LogP contribution in [0, 0.1) is 0 Å². The Balaban J connectivity index is 1.77. The summed E-state index contributed by atoms with van der Waals surface area (Å²) in [5.41, 5.74) is 6.64. The molecule has 1 atom stereocenters. The van der Waals surface area contributed by atoms with Crippen LogP contribution in [0.5, 0.6) is 5.75 Å². The number of hydrazine groups is 1. The molecular formula is C21H24ClN3O3. The number of nitrogens with zero attached hydrogens (tertiary/aromatic N) is 1. The normalized spacial score (nSPS) is 15.0. The topological polar surface area (TPSA) is 70.7 Å². The van der Waals surface area contributed by atoms with Crippen molar-refractivity contribution in [2.24, 2.45) is 0 Å². The fourth-order valence-electron chi connectivity index (χ4n) is 3.29. The summed E-state index contributed by atoms with van der Waals surface area (Å²) >= 11 is 6.01. The maximum atomic E-state index is 13.1. The molecule has 28 heavy (non-hydrogen) atoms. The van der Waals surface area contributed by atoms with E-state index in [0.29, 0.717) is 16.3 Å². The third-order valence-electron chi connectivity index (χ3n) is 4.78. The van der Waals surface area contributed by atoms with Crippen LogP contribution in [0.4, 0.5) is 0 Å². The molecule has 2 aromatic carbocycles. The molecule has 0 unspecified atom stereocenters. The quantitative estimate of drug-likeness (QED) is 0.728. The van der Waals surface area contributed by atoms with Crippen molar-refractivity contribution in [1.29, 1.82) is 0 Å². The van der Waals surface area contributed by atoms with Gasteiger partial charge >= 0.3 is 0 Å². The van der Waals surface area contributed by atoms with Gasteiger partial charge in [-0.15, -0.1) is 0 Å². The summed E-state index contributed by atoms with van der Waals surface area (Å²) in [6.07, 6.45) is 3.14. The predicted molar refractivity (Wildman–Crippen MR) is 108 cm³/mol. The van der Waals surface area contributed by atoms with Crippen molar-refractivity contribution in [3.05, 3.63) is 64.7 Å². The lowest BCUT2D eigenvalue weighted by Gasteiger charge is -2.31. The maximum absolute atomic E-state index is 13.1. The van der Waals surface area contributed by atoms with Gasteiger partial charge in [-0.3, -0.25) is 15.0 Å². The summed E-state index contributed by atoms with van der Waals surface area (Å²) in [6.45, 7) is 1.47. The van der Waals surface area contributed by atoms with Crippen molar-refractivity contribution in [3.63, 3.8) is 0 Å². The molecule has 1 saturated heterocycles. The number of likely N-dealkylation sites (tertiary alicyclic amines) is 1. The summed E-state index contributed by atoms with van der Waals surface area (Å²) < 4.78 is 5.23. The Morgan fingerprint density at radius 1 is 1.07 bits per heavy atom. The molecule has 7 heteroatoms. The molecule has 0 radical (unpaired) electrons. The molecule has 6 nitrogen and oxygen atoms in total. The second-order valence-electron chi connectivity index (χ2n) is 6.67. The first-order valence-corrected chi connectivity index (χ1v) is 9.71. The van der Waals surface area contributed by atoms with Crippen molar-refractivity contribution < 1.29 is 14.3 Å². The highest BCUT2D eigenvalue weighted by molar-refractivity contribution is 6.31. The lowest BCUT2D eigenvalue weighted by atomic mass is 10.0. The molecule has 2 aromatic rings. The average Bonchev–Trinajstić information content (AvgIpc) is 2.75. The fraction of sp³-hybridized carbons (Fsp3) is 0.333. The van der Waals surface area contributed by atoms with E-state index in [0.717, 1.165) is 37.9 Å². The van der Waals surface area contributed by atoms with E-state index in [-0.39, 0.29) is 5.91 Å². The highest BCUT2D eigenvalue weighted by Gasteiger charge is 2.27. The third-order valence-corrected chi connectivity index (χ3v) is 5.02. The number of benzene rings is 2. The summed E-state index contributed by atoms with van der Waals surface area (Å²) in [5, 5.41) is 0.426. The molecule has 0 aliphatic carbocycles. The van der Waals surface area contributed by atoms with Crippen LogP contribution in [-0.2, 0) is 4.79 Å². The van der Waals surface area contributed by atoms with Gasteiger partial charge in [-0.2, -0.15) is 0 Å². The number of piperidine rings is 1. The molecule has 2 N–H and O–H groups in total. The van der Waals surface area contributed by atoms with E-state index in [1.54, 1.807) is 12.1 Å². The van der Waals surface area contributed by atoms with Gasteiger partial charge < -0.3 is 9.64 Å². The van der Waals surface area contributed by atoms with Crippen molar-refractivity contribution in [3.8, 4) is 5.75 Å². The van der Waals surface area contributed by atoms with Gasteiger partial charge in [-0.25, -0.2) is 5.43 Å². The Morgan fingerprint density at radius 2 is 1.79 bits per heavy atom. The summed E-state index contributed by atoms with van der Waals surface area (Å²) in [4.78, 5) is 27.6. The molecule has 1 fully saturated rings. The van der Waals surface area contributed by atoms with Crippen molar-refractivity contribution in [1.82, 2.24) is 15.8 Å². The highest BCUT2D eigenvalue weighted by atomic mass is 35.5. The number of hydrogen-bond acceptors (Lipinski definition) is 4. The van der Waals surface area contributed by atoms with Gasteiger partial charge in [0.05, 0.1) is 12.7 Å². The molecule has 0 bridgehead atoms. The third kappa shape index (κ3) is 4.82. The zero-order chi connectivity index (χ0) is 19.9. The fourth-order valence-corrected chi connectivity index (χ4v) is 3.46. The standard InChI is InChI=1S/C21H24ClN3O3/c1-28-18-11-10-16(22)14-17(18)20(26)24-23-19(15-8-4-2-5-9-15)21(27)25-12-6-3-7-13-25/h2,4-5,8-11,14,19,23H,3,6-7,12-13H2,1H3,(H,24,26)/t19-/m1/s1. The molecule has 1 aliphatic heterocycles. The predicted octanol–water partition coefficient (Wildman–Crippen LogP) is 3.34. The minimum atomic E-state index is -0.673.